The van der Waals surface area contributed by atoms with Crippen molar-refractivity contribution in [2.75, 3.05) is 0 Å². The van der Waals surface area contributed by atoms with Gasteiger partial charge in [-0.3, -0.25) is 0 Å². The van der Waals surface area contributed by atoms with Gasteiger partial charge in [0.2, 0.25) is 0 Å². The summed E-state index contributed by atoms with van der Waals surface area (Å²) in [5, 5.41) is 0. The molecule has 0 saturated heterocycles. The van der Waals surface area contributed by atoms with E-state index in [-0.39, 0.29) is 31.1 Å². The standard InChI is InChI=1S/C11H18.U/c1-7-5-9-6-10(8(7)2)11(9,3)4;/h7,9-10H,2,5-6H2,1,3-4H3;. The largest absolute Gasteiger partial charge is 0.0993 e. The van der Waals surface area contributed by atoms with E-state index in [4.69, 9.17) is 0 Å². The fraction of sp³-hybridized carbons (Fsp3) is 0.818. The summed E-state index contributed by atoms with van der Waals surface area (Å²) in [5.41, 5.74) is 2.11. The van der Waals surface area contributed by atoms with Crippen LogP contribution in [0.15, 0.2) is 12.2 Å². The van der Waals surface area contributed by atoms with E-state index < -0.39 is 0 Å². The second-order valence-corrected chi connectivity index (χ2v) is 5.02. The molecule has 0 radical (unpaired) electrons. The summed E-state index contributed by atoms with van der Waals surface area (Å²) >= 11 is 0. The fourth-order valence-corrected chi connectivity index (χ4v) is 2.97. The van der Waals surface area contributed by atoms with Gasteiger partial charge in [0.1, 0.15) is 0 Å². The number of hydrogen-bond donors (Lipinski definition) is 0. The zero-order valence-electron chi connectivity index (χ0n) is 8.35. The third-order valence-electron chi connectivity index (χ3n) is 4.19. The van der Waals surface area contributed by atoms with E-state index >= 15 is 0 Å². The van der Waals surface area contributed by atoms with Crippen molar-refractivity contribution >= 4 is 0 Å². The van der Waals surface area contributed by atoms with Gasteiger partial charge in [-0.1, -0.05) is 32.9 Å². The molecule has 3 unspecified atom stereocenters. The van der Waals surface area contributed by atoms with Crippen LogP contribution >= 0.6 is 0 Å². The first-order valence-corrected chi connectivity index (χ1v) is 4.72. The van der Waals surface area contributed by atoms with Gasteiger partial charge in [0, 0.05) is 31.1 Å². The molecule has 0 aromatic rings. The van der Waals surface area contributed by atoms with Crippen LogP contribution < -0.4 is 0 Å². The summed E-state index contributed by atoms with van der Waals surface area (Å²) in [6.07, 6.45) is 2.82. The molecular weight excluding hydrogens is 370 g/mol. The first kappa shape index (κ1) is 10.9. The van der Waals surface area contributed by atoms with Crippen molar-refractivity contribution in [1.82, 2.24) is 0 Å². The zero-order chi connectivity index (χ0) is 8.22. The molecule has 3 aliphatic rings. The summed E-state index contributed by atoms with van der Waals surface area (Å²) in [5.74, 6) is 2.64. The van der Waals surface area contributed by atoms with Crippen molar-refractivity contribution in [3.05, 3.63) is 12.2 Å². The predicted octanol–water partition coefficient (Wildman–Crippen LogP) is 3.24. The average Bonchev–Trinajstić information content (AvgIpc) is 1.93. The number of fused-ring (bicyclic) bond motifs is 2. The molecule has 0 N–H and O–H groups in total. The third-order valence-corrected chi connectivity index (χ3v) is 4.19. The topological polar surface area (TPSA) is 0 Å². The van der Waals surface area contributed by atoms with E-state index in [0.717, 1.165) is 17.8 Å². The van der Waals surface area contributed by atoms with Crippen molar-refractivity contribution in [1.29, 1.82) is 0 Å². The monoisotopic (exact) mass is 388 g/mol. The van der Waals surface area contributed by atoms with Crippen molar-refractivity contribution in [3.8, 4) is 0 Å². The average molecular weight is 388 g/mol. The first-order chi connectivity index (χ1) is 5.03. The molecule has 12 heavy (non-hydrogen) atoms. The van der Waals surface area contributed by atoms with Gasteiger partial charge in [-0.05, 0) is 36.0 Å². The molecule has 0 amide bonds. The summed E-state index contributed by atoms with van der Waals surface area (Å²) in [6, 6.07) is 0. The van der Waals surface area contributed by atoms with Crippen LogP contribution in [0, 0.1) is 54.3 Å². The Morgan fingerprint density at radius 1 is 1.33 bits per heavy atom. The van der Waals surface area contributed by atoms with Gasteiger partial charge in [-0.15, -0.1) is 0 Å². The molecule has 3 atom stereocenters. The maximum atomic E-state index is 4.21. The van der Waals surface area contributed by atoms with Crippen LogP contribution in [0.4, 0.5) is 0 Å². The Morgan fingerprint density at radius 3 is 2.25 bits per heavy atom. The molecule has 3 aliphatic carbocycles. The smallest absolute Gasteiger partial charge is 0 e. The normalized spacial score (nSPS) is 42.9. The van der Waals surface area contributed by atoms with Gasteiger partial charge >= 0.3 is 0 Å². The van der Waals surface area contributed by atoms with Crippen molar-refractivity contribution in [2.24, 2.45) is 23.2 Å². The van der Waals surface area contributed by atoms with E-state index in [1.54, 1.807) is 0 Å². The Morgan fingerprint density at radius 2 is 1.92 bits per heavy atom. The summed E-state index contributed by atoms with van der Waals surface area (Å²) in [7, 11) is 0. The maximum Gasteiger partial charge on any atom is 0 e. The van der Waals surface area contributed by atoms with Gasteiger partial charge in [-0.2, -0.15) is 0 Å². The molecular formula is C11H18U. The Labute approximate surface area is 99.6 Å². The zero-order valence-corrected chi connectivity index (χ0v) is 12.5. The van der Waals surface area contributed by atoms with Crippen LogP contribution in [0.25, 0.3) is 0 Å². The molecule has 3 fully saturated rings. The Hall–Kier alpha value is 0.792. The quantitative estimate of drug-likeness (QED) is 0.559. The molecule has 66 valence electrons. The molecule has 1 heteroatoms. The van der Waals surface area contributed by atoms with Crippen molar-refractivity contribution < 1.29 is 31.1 Å². The van der Waals surface area contributed by atoms with E-state index in [2.05, 4.69) is 27.4 Å². The van der Waals surface area contributed by atoms with Crippen LogP contribution in [-0.2, 0) is 0 Å². The van der Waals surface area contributed by atoms with Gasteiger partial charge in [-0.25, -0.2) is 0 Å². The Kier molecular flexibility index (Phi) is 2.88. The molecule has 0 aromatic carbocycles. The van der Waals surface area contributed by atoms with E-state index in [1.807, 2.05) is 0 Å². The van der Waals surface area contributed by atoms with E-state index in [1.165, 1.54) is 18.4 Å². The van der Waals surface area contributed by atoms with Gasteiger partial charge in [0.15, 0.2) is 0 Å². The Balaban J connectivity index is 0.000000720. The Bertz CT molecular complexity index is 205. The van der Waals surface area contributed by atoms with Gasteiger partial charge in [0.25, 0.3) is 0 Å². The summed E-state index contributed by atoms with van der Waals surface area (Å²) < 4.78 is 0. The minimum absolute atomic E-state index is 0. The second-order valence-electron chi connectivity index (χ2n) is 5.02. The van der Waals surface area contributed by atoms with Crippen molar-refractivity contribution in [2.45, 2.75) is 33.6 Å². The molecule has 3 rings (SSSR count). The third kappa shape index (κ3) is 1.25. The molecule has 2 bridgehead atoms. The molecule has 0 spiro atoms. The van der Waals surface area contributed by atoms with Crippen LogP contribution in [0.2, 0.25) is 0 Å². The SMILES string of the molecule is C=C1C(C)CC2CC1C2(C)C.[U]. The number of allylic oxidation sites excluding steroid dienone is 1. The molecule has 0 nitrogen and oxygen atoms in total. The van der Waals surface area contributed by atoms with E-state index in [9.17, 15) is 0 Å². The molecule has 0 aliphatic heterocycles. The molecule has 3 saturated carbocycles. The van der Waals surface area contributed by atoms with Crippen molar-refractivity contribution in [3.63, 3.8) is 0 Å². The van der Waals surface area contributed by atoms with E-state index in [0.29, 0.717) is 5.41 Å². The van der Waals surface area contributed by atoms with Crippen LogP contribution in [0.3, 0.4) is 0 Å². The predicted molar refractivity (Wildman–Crippen MR) is 48.3 cm³/mol. The number of rotatable bonds is 0. The van der Waals surface area contributed by atoms with Gasteiger partial charge in [0.05, 0.1) is 0 Å². The maximum absolute atomic E-state index is 4.21. The molecule has 0 aromatic heterocycles. The second kappa shape index (κ2) is 3.18. The fourth-order valence-electron chi connectivity index (χ4n) is 2.97. The van der Waals surface area contributed by atoms with Crippen LogP contribution in [-0.4, -0.2) is 0 Å². The summed E-state index contributed by atoms with van der Waals surface area (Å²) in [4.78, 5) is 0. The van der Waals surface area contributed by atoms with Crippen LogP contribution in [0.1, 0.15) is 33.6 Å². The minimum Gasteiger partial charge on any atom is -0.0993 e. The number of hydrogen-bond acceptors (Lipinski definition) is 0. The summed E-state index contributed by atoms with van der Waals surface area (Å²) in [6.45, 7) is 11.4. The first-order valence-electron chi connectivity index (χ1n) is 4.72. The van der Waals surface area contributed by atoms with Crippen LogP contribution in [0.5, 0.6) is 0 Å². The molecule has 0 heterocycles. The minimum atomic E-state index is 0. The van der Waals surface area contributed by atoms with Gasteiger partial charge < -0.3 is 0 Å².